The lowest BCUT2D eigenvalue weighted by Gasteiger charge is -2.22. The molecule has 1 amide bonds. The molecular weight excluding hydrogens is 476 g/mol. The highest BCUT2D eigenvalue weighted by Crippen LogP contribution is 2.36. The number of carbonyl (C=O) groups excluding carboxylic acids is 1. The molecule has 34 heavy (non-hydrogen) atoms. The van der Waals surface area contributed by atoms with Crippen LogP contribution in [0, 0.1) is 11.6 Å². The Bertz CT molecular complexity index is 1290. The molecule has 7 nitrogen and oxygen atoms in total. The maximum atomic E-state index is 15.0. The average molecular weight is 495 g/mol. The van der Waals surface area contributed by atoms with E-state index in [2.05, 4.69) is 25.7 Å². The Morgan fingerprint density at radius 2 is 2.00 bits per heavy atom. The molecular formula is C22H19ClF4N6O. The summed E-state index contributed by atoms with van der Waals surface area (Å²) in [5.74, 6) is -4.86. The van der Waals surface area contributed by atoms with Crippen LogP contribution in [0.15, 0.2) is 36.0 Å². The van der Waals surface area contributed by atoms with Crippen LogP contribution in [-0.4, -0.2) is 37.0 Å². The van der Waals surface area contributed by atoms with Crippen LogP contribution >= 0.6 is 11.6 Å². The molecule has 0 saturated carbocycles. The number of hydrogen-bond donors (Lipinski definition) is 1. The number of tetrazole rings is 1. The van der Waals surface area contributed by atoms with E-state index in [9.17, 15) is 18.0 Å². The van der Waals surface area contributed by atoms with Crippen molar-refractivity contribution in [2.24, 2.45) is 7.05 Å². The summed E-state index contributed by atoms with van der Waals surface area (Å²) in [7, 11) is 1.52. The second-order valence-electron chi connectivity index (χ2n) is 7.99. The lowest BCUT2D eigenvalue weighted by Crippen LogP contribution is -2.31. The second kappa shape index (κ2) is 9.13. The van der Waals surface area contributed by atoms with E-state index in [1.165, 1.54) is 32.3 Å². The largest absolute Gasteiger partial charge is 0.344 e. The van der Waals surface area contributed by atoms with Crippen LogP contribution in [-0.2, 0) is 11.8 Å². The minimum absolute atomic E-state index is 0.0110. The minimum Gasteiger partial charge on any atom is -0.344 e. The van der Waals surface area contributed by atoms with Crippen LogP contribution in [0.2, 0.25) is 5.02 Å². The third-order valence-corrected chi connectivity index (χ3v) is 5.64. The molecule has 178 valence electrons. The van der Waals surface area contributed by atoms with E-state index in [1.54, 1.807) is 0 Å². The van der Waals surface area contributed by atoms with Gasteiger partial charge in [-0.1, -0.05) is 17.7 Å². The lowest BCUT2D eigenvalue weighted by molar-refractivity contribution is -0.118. The van der Waals surface area contributed by atoms with Gasteiger partial charge in [-0.25, -0.2) is 17.6 Å². The van der Waals surface area contributed by atoms with E-state index < -0.39 is 42.3 Å². The molecule has 2 heterocycles. The summed E-state index contributed by atoms with van der Waals surface area (Å²) in [6, 6.07) is 2.81. The zero-order chi connectivity index (χ0) is 24.6. The molecule has 0 spiro atoms. The van der Waals surface area contributed by atoms with Crippen molar-refractivity contribution >= 4 is 17.5 Å². The number of aromatic nitrogens is 5. The predicted octanol–water partition coefficient (Wildman–Crippen LogP) is 4.79. The van der Waals surface area contributed by atoms with E-state index in [0.717, 1.165) is 16.9 Å². The molecule has 1 aliphatic rings. The Morgan fingerprint density at radius 3 is 2.62 bits per heavy atom. The molecule has 4 rings (SSSR count). The van der Waals surface area contributed by atoms with Crippen molar-refractivity contribution in [1.82, 2.24) is 30.5 Å². The van der Waals surface area contributed by atoms with Gasteiger partial charge in [-0.05, 0) is 42.3 Å². The van der Waals surface area contributed by atoms with Crippen molar-refractivity contribution in [3.8, 4) is 22.5 Å². The highest BCUT2D eigenvalue weighted by molar-refractivity contribution is 6.31. The molecule has 12 heteroatoms. The molecule has 1 unspecified atom stereocenters. The maximum Gasteiger partial charge on any atom is 0.251 e. The molecule has 0 radical (unpaired) electrons. The average Bonchev–Trinajstić information content (AvgIpc) is 3.18. The van der Waals surface area contributed by atoms with E-state index in [0.29, 0.717) is 0 Å². The lowest BCUT2D eigenvalue weighted by atomic mass is 9.95. The summed E-state index contributed by atoms with van der Waals surface area (Å²) in [5.41, 5.74) is 0.557. The zero-order valence-electron chi connectivity index (χ0n) is 18.1. The molecule has 2 aromatic heterocycles. The zero-order valence-corrected chi connectivity index (χ0v) is 18.9. The van der Waals surface area contributed by atoms with Crippen LogP contribution in [0.5, 0.6) is 0 Å². The summed E-state index contributed by atoms with van der Waals surface area (Å²) in [4.78, 5) is 17.7. The number of nitrogens with one attached hydrogen (secondary N) is 1. The topological polar surface area (TPSA) is 85.6 Å². The smallest absolute Gasteiger partial charge is 0.251 e. The molecule has 1 atom stereocenters. The number of carbonyl (C=O) groups is 1. The quantitative estimate of drug-likeness (QED) is 0.515. The van der Waals surface area contributed by atoms with Crippen molar-refractivity contribution < 1.29 is 22.4 Å². The van der Waals surface area contributed by atoms with Crippen LogP contribution in [0.25, 0.3) is 22.5 Å². The standard InChI is InChI=1S/C22H19ClF4N6O/c1-11(29-21(34)12-3-5-22(26,27)6-4-12)19-17(25)7-13(10-28-19)15-8-14(23)9-16(24)18(15)20-30-32-33(2)31-20/h3,7-11H,4-6H2,1-2H3,(H,29,34). The van der Waals surface area contributed by atoms with Crippen LogP contribution in [0.4, 0.5) is 17.6 Å². The molecule has 3 aromatic rings. The normalized spacial score (nSPS) is 16.1. The summed E-state index contributed by atoms with van der Waals surface area (Å²) in [6.07, 6.45) is 1.52. The van der Waals surface area contributed by atoms with Crippen molar-refractivity contribution in [2.45, 2.75) is 38.2 Å². The van der Waals surface area contributed by atoms with Gasteiger partial charge in [0.25, 0.3) is 5.92 Å². The summed E-state index contributed by atoms with van der Waals surface area (Å²) in [5, 5.41) is 14.2. The number of allylic oxidation sites excluding steroid dienone is 1. The Hall–Kier alpha value is -3.34. The predicted molar refractivity (Wildman–Crippen MR) is 116 cm³/mol. The van der Waals surface area contributed by atoms with Crippen molar-refractivity contribution in [1.29, 1.82) is 0 Å². The Labute approximate surface area is 196 Å². The van der Waals surface area contributed by atoms with Gasteiger partial charge in [-0.3, -0.25) is 9.78 Å². The summed E-state index contributed by atoms with van der Waals surface area (Å²) in [6.45, 7) is 1.52. The molecule has 1 aromatic carbocycles. The monoisotopic (exact) mass is 494 g/mol. The number of hydrogen-bond acceptors (Lipinski definition) is 5. The molecule has 0 saturated heterocycles. The number of amides is 1. The highest BCUT2D eigenvalue weighted by atomic mass is 35.5. The van der Waals surface area contributed by atoms with Gasteiger partial charge in [0.1, 0.15) is 11.6 Å². The number of nitrogens with zero attached hydrogens (tertiary/aromatic N) is 5. The number of pyridine rings is 1. The highest BCUT2D eigenvalue weighted by Gasteiger charge is 2.33. The first-order valence-corrected chi connectivity index (χ1v) is 10.7. The molecule has 1 N–H and O–H groups in total. The number of benzene rings is 1. The fourth-order valence-corrected chi connectivity index (χ4v) is 3.89. The van der Waals surface area contributed by atoms with Gasteiger partial charge in [-0.2, -0.15) is 4.80 Å². The third kappa shape index (κ3) is 4.93. The second-order valence-corrected chi connectivity index (χ2v) is 8.42. The molecule has 0 aliphatic heterocycles. The molecule has 1 aliphatic carbocycles. The van der Waals surface area contributed by atoms with Crippen LogP contribution < -0.4 is 5.32 Å². The van der Waals surface area contributed by atoms with Crippen molar-refractivity contribution in [2.75, 3.05) is 0 Å². The Morgan fingerprint density at radius 1 is 1.24 bits per heavy atom. The van der Waals surface area contributed by atoms with Gasteiger partial charge in [-0.15, -0.1) is 10.2 Å². The van der Waals surface area contributed by atoms with Crippen molar-refractivity contribution in [3.05, 3.63) is 58.4 Å². The Balaban J connectivity index is 1.61. The van der Waals surface area contributed by atoms with Crippen molar-refractivity contribution in [3.63, 3.8) is 0 Å². The Kier molecular flexibility index (Phi) is 6.39. The fraction of sp³-hybridized carbons (Fsp3) is 0.318. The summed E-state index contributed by atoms with van der Waals surface area (Å²) < 4.78 is 56.4. The van der Waals surface area contributed by atoms with E-state index in [1.807, 2.05) is 0 Å². The van der Waals surface area contributed by atoms with Gasteiger partial charge in [0.2, 0.25) is 11.7 Å². The number of alkyl halides is 2. The fourth-order valence-electron chi connectivity index (χ4n) is 3.69. The first kappa shape index (κ1) is 23.8. The first-order chi connectivity index (χ1) is 16.0. The molecule has 0 bridgehead atoms. The number of rotatable bonds is 5. The van der Waals surface area contributed by atoms with E-state index >= 15 is 4.39 Å². The van der Waals surface area contributed by atoms with E-state index in [4.69, 9.17) is 11.6 Å². The van der Waals surface area contributed by atoms with Gasteiger partial charge in [0.15, 0.2) is 0 Å². The van der Waals surface area contributed by atoms with Crippen LogP contribution in [0.3, 0.4) is 0 Å². The SMILES string of the molecule is CC(NC(=O)C1=CCC(F)(F)CC1)c1ncc(-c2cc(Cl)cc(F)c2-c2nnn(C)n2)cc1F. The van der Waals surface area contributed by atoms with Crippen LogP contribution in [0.1, 0.15) is 37.9 Å². The third-order valence-electron chi connectivity index (χ3n) is 5.42. The summed E-state index contributed by atoms with van der Waals surface area (Å²) >= 11 is 6.02. The minimum atomic E-state index is -2.82. The van der Waals surface area contributed by atoms with Gasteiger partial charge >= 0.3 is 0 Å². The maximum absolute atomic E-state index is 15.0. The van der Waals surface area contributed by atoms with Gasteiger partial charge in [0.05, 0.1) is 24.3 Å². The molecule has 0 fully saturated rings. The number of halogens is 5. The van der Waals surface area contributed by atoms with Gasteiger partial charge < -0.3 is 5.32 Å². The number of aryl methyl sites for hydroxylation is 1. The first-order valence-electron chi connectivity index (χ1n) is 10.3. The van der Waals surface area contributed by atoms with E-state index in [-0.39, 0.29) is 45.2 Å². The van der Waals surface area contributed by atoms with Gasteiger partial charge in [0, 0.05) is 35.2 Å².